The van der Waals surface area contributed by atoms with Crippen molar-refractivity contribution in [1.82, 2.24) is 0 Å². The quantitative estimate of drug-likeness (QED) is 0.832. The number of carbonyl (C=O) groups is 2. The average molecular weight is 355 g/mol. The highest BCUT2D eigenvalue weighted by Gasteiger charge is 2.42. The number of hydrogen-bond acceptors (Lipinski definition) is 2. The van der Waals surface area contributed by atoms with Crippen molar-refractivity contribution in [3.63, 3.8) is 0 Å². The minimum absolute atomic E-state index is 0.123. The molecule has 1 aliphatic rings. The van der Waals surface area contributed by atoms with Gasteiger partial charge in [-0.15, -0.1) is 0 Å². The Bertz CT molecular complexity index is 810. The molecule has 2 N–H and O–H groups in total. The van der Waals surface area contributed by atoms with E-state index in [9.17, 15) is 19.1 Å². The summed E-state index contributed by atoms with van der Waals surface area (Å²) in [5.41, 5.74) is 1.37. The SMILES string of the molecule is CC(C(=O)O)c1cccc(NC(=O)C2(c3ccc(F)cc3)CCCC2)c1. The first-order valence-corrected chi connectivity index (χ1v) is 8.83. The molecule has 2 aromatic rings. The summed E-state index contributed by atoms with van der Waals surface area (Å²) >= 11 is 0. The summed E-state index contributed by atoms with van der Waals surface area (Å²) in [6, 6.07) is 13.1. The largest absolute Gasteiger partial charge is 0.481 e. The number of benzene rings is 2. The number of halogens is 1. The molecule has 1 saturated carbocycles. The summed E-state index contributed by atoms with van der Waals surface area (Å²) in [4.78, 5) is 24.3. The number of carboxylic acid groups (broad SMARTS) is 1. The van der Waals surface area contributed by atoms with E-state index in [0.29, 0.717) is 11.3 Å². The van der Waals surface area contributed by atoms with Crippen LogP contribution in [0.4, 0.5) is 10.1 Å². The number of hydrogen-bond donors (Lipinski definition) is 2. The molecule has 1 fully saturated rings. The molecule has 136 valence electrons. The summed E-state index contributed by atoms with van der Waals surface area (Å²) in [5, 5.41) is 12.1. The fraction of sp³-hybridized carbons (Fsp3) is 0.333. The van der Waals surface area contributed by atoms with E-state index in [-0.39, 0.29) is 11.7 Å². The maximum atomic E-state index is 13.3. The minimum Gasteiger partial charge on any atom is -0.481 e. The number of carboxylic acids is 1. The lowest BCUT2D eigenvalue weighted by Gasteiger charge is -2.28. The predicted octanol–water partition coefficient (Wildman–Crippen LogP) is 4.46. The third-order valence-corrected chi connectivity index (χ3v) is 5.30. The third-order valence-electron chi connectivity index (χ3n) is 5.30. The molecular formula is C21H22FNO3. The van der Waals surface area contributed by atoms with Crippen LogP contribution in [0.1, 0.15) is 49.7 Å². The van der Waals surface area contributed by atoms with Gasteiger partial charge in [0.05, 0.1) is 11.3 Å². The molecule has 1 aliphatic carbocycles. The van der Waals surface area contributed by atoms with E-state index in [2.05, 4.69) is 5.32 Å². The fourth-order valence-electron chi connectivity index (χ4n) is 3.67. The molecule has 26 heavy (non-hydrogen) atoms. The Balaban J connectivity index is 1.87. The molecule has 0 heterocycles. The van der Waals surface area contributed by atoms with Crippen molar-refractivity contribution in [2.75, 3.05) is 5.32 Å². The van der Waals surface area contributed by atoms with Crippen LogP contribution in [0, 0.1) is 5.82 Å². The van der Waals surface area contributed by atoms with Gasteiger partial charge in [0.1, 0.15) is 5.82 Å². The van der Waals surface area contributed by atoms with Gasteiger partial charge in [0, 0.05) is 5.69 Å². The second-order valence-electron chi connectivity index (χ2n) is 6.94. The van der Waals surface area contributed by atoms with Crippen molar-refractivity contribution in [3.05, 3.63) is 65.5 Å². The van der Waals surface area contributed by atoms with Crippen molar-refractivity contribution in [2.24, 2.45) is 0 Å². The summed E-state index contributed by atoms with van der Waals surface area (Å²) < 4.78 is 13.3. The van der Waals surface area contributed by atoms with Crippen LogP contribution in [-0.4, -0.2) is 17.0 Å². The summed E-state index contributed by atoms with van der Waals surface area (Å²) in [6.07, 6.45) is 3.33. The van der Waals surface area contributed by atoms with Crippen LogP contribution in [-0.2, 0) is 15.0 Å². The van der Waals surface area contributed by atoms with E-state index in [1.165, 1.54) is 12.1 Å². The molecule has 0 aliphatic heterocycles. The zero-order valence-electron chi connectivity index (χ0n) is 14.7. The molecule has 0 saturated heterocycles. The molecule has 3 rings (SSSR count). The molecule has 0 radical (unpaired) electrons. The van der Waals surface area contributed by atoms with E-state index in [4.69, 9.17) is 0 Å². The highest BCUT2D eigenvalue weighted by molar-refractivity contribution is 5.99. The third kappa shape index (κ3) is 3.47. The zero-order valence-corrected chi connectivity index (χ0v) is 14.7. The van der Waals surface area contributed by atoms with Gasteiger partial charge in [-0.3, -0.25) is 9.59 Å². The number of anilines is 1. The molecule has 1 amide bonds. The number of nitrogens with one attached hydrogen (secondary N) is 1. The standard InChI is InChI=1S/C21H22FNO3/c1-14(19(24)25)15-5-4-6-18(13-15)23-20(26)21(11-2-3-12-21)16-7-9-17(22)10-8-16/h4-10,13-14H,2-3,11-12H2,1H3,(H,23,26)(H,24,25). The lowest BCUT2D eigenvalue weighted by molar-refractivity contribution is -0.138. The second kappa shape index (κ2) is 7.28. The van der Waals surface area contributed by atoms with Gasteiger partial charge in [-0.2, -0.15) is 0 Å². The smallest absolute Gasteiger partial charge is 0.310 e. The lowest BCUT2D eigenvalue weighted by Crippen LogP contribution is -2.38. The second-order valence-corrected chi connectivity index (χ2v) is 6.94. The van der Waals surface area contributed by atoms with Crippen molar-refractivity contribution in [2.45, 2.75) is 43.9 Å². The van der Waals surface area contributed by atoms with Crippen LogP contribution in [0.15, 0.2) is 48.5 Å². The van der Waals surface area contributed by atoms with Crippen molar-refractivity contribution < 1.29 is 19.1 Å². The topological polar surface area (TPSA) is 66.4 Å². The fourth-order valence-corrected chi connectivity index (χ4v) is 3.67. The van der Waals surface area contributed by atoms with E-state index in [0.717, 1.165) is 31.2 Å². The van der Waals surface area contributed by atoms with Gasteiger partial charge in [-0.1, -0.05) is 37.1 Å². The average Bonchev–Trinajstić information content (AvgIpc) is 3.13. The van der Waals surface area contributed by atoms with Gasteiger partial charge in [-0.05, 0) is 55.2 Å². The predicted molar refractivity (Wildman–Crippen MR) is 97.7 cm³/mol. The van der Waals surface area contributed by atoms with Crippen LogP contribution < -0.4 is 5.32 Å². The Labute approximate surface area is 152 Å². The lowest BCUT2D eigenvalue weighted by atomic mass is 9.78. The molecule has 1 atom stereocenters. The van der Waals surface area contributed by atoms with E-state index in [1.807, 2.05) is 0 Å². The van der Waals surface area contributed by atoms with Gasteiger partial charge in [0.15, 0.2) is 0 Å². The van der Waals surface area contributed by atoms with Crippen LogP contribution >= 0.6 is 0 Å². The molecule has 1 unspecified atom stereocenters. The Hall–Kier alpha value is -2.69. The normalized spacial score (nSPS) is 16.8. The highest BCUT2D eigenvalue weighted by atomic mass is 19.1. The Morgan fingerprint density at radius 2 is 1.77 bits per heavy atom. The van der Waals surface area contributed by atoms with Crippen LogP contribution in [0.25, 0.3) is 0 Å². The van der Waals surface area contributed by atoms with E-state index in [1.54, 1.807) is 43.3 Å². The van der Waals surface area contributed by atoms with Gasteiger partial charge < -0.3 is 10.4 Å². The van der Waals surface area contributed by atoms with Crippen molar-refractivity contribution in [1.29, 1.82) is 0 Å². The first-order valence-electron chi connectivity index (χ1n) is 8.83. The van der Waals surface area contributed by atoms with E-state index < -0.39 is 17.3 Å². The van der Waals surface area contributed by atoms with Gasteiger partial charge in [0.25, 0.3) is 0 Å². The highest BCUT2D eigenvalue weighted by Crippen LogP contribution is 2.42. The monoisotopic (exact) mass is 355 g/mol. The molecule has 0 spiro atoms. The number of aliphatic carboxylic acids is 1. The Morgan fingerprint density at radius 1 is 1.12 bits per heavy atom. The molecule has 5 heteroatoms. The van der Waals surface area contributed by atoms with Gasteiger partial charge >= 0.3 is 5.97 Å². The van der Waals surface area contributed by atoms with Crippen LogP contribution in [0.2, 0.25) is 0 Å². The molecular weight excluding hydrogens is 333 g/mol. The first kappa shape index (κ1) is 18.1. The van der Waals surface area contributed by atoms with Gasteiger partial charge in [0.2, 0.25) is 5.91 Å². The molecule has 0 aromatic heterocycles. The molecule has 4 nitrogen and oxygen atoms in total. The maximum absolute atomic E-state index is 13.3. The molecule has 0 bridgehead atoms. The Kier molecular flexibility index (Phi) is 5.07. The first-order chi connectivity index (χ1) is 12.4. The maximum Gasteiger partial charge on any atom is 0.310 e. The number of amides is 1. The molecule has 2 aromatic carbocycles. The van der Waals surface area contributed by atoms with Gasteiger partial charge in [-0.25, -0.2) is 4.39 Å². The summed E-state index contributed by atoms with van der Waals surface area (Å²) in [6.45, 7) is 1.61. The van der Waals surface area contributed by atoms with Crippen LogP contribution in [0.3, 0.4) is 0 Å². The Morgan fingerprint density at radius 3 is 2.38 bits per heavy atom. The summed E-state index contributed by atoms with van der Waals surface area (Å²) in [7, 11) is 0. The van der Waals surface area contributed by atoms with Crippen molar-refractivity contribution >= 4 is 17.6 Å². The minimum atomic E-state index is -0.910. The number of carbonyl (C=O) groups excluding carboxylic acids is 1. The summed E-state index contributed by atoms with van der Waals surface area (Å²) in [5.74, 6) is -2.00. The van der Waals surface area contributed by atoms with Crippen LogP contribution in [0.5, 0.6) is 0 Å². The van der Waals surface area contributed by atoms with E-state index >= 15 is 0 Å². The number of rotatable bonds is 5. The van der Waals surface area contributed by atoms with Crippen molar-refractivity contribution in [3.8, 4) is 0 Å². The zero-order chi connectivity index (χ0) is 18.7.